The molecule has 130 valence electrons. The van der Waals surface area contributed by atoms with Crippen molar-refractivity contribution in [3.8, 4) is 0 Å². The molecule has 0 unspecified atom stereocenters. The molecule has 0 spiro atoms. The van der Waals surface area contributed by atoms with E-state index in [9.17, 15) is 0 Å². The Balaban J connectivity index is -0.0000000504. The largest absolute Gasteiger partial charge is 0.381 e. The first-order valence-electron chi connectivity index (χ1n) is 9.35. The Kier molecular flexibility index (Phi) is 81.6. The van der Waals surface area contributed by atoms with Gasteiger partial charge in [0.2, 0.25) is 0 Å². The Labute approximate surface area is 132 Å². The van der Waals surface area contributed by atoms with Crippen LogP contribution >= 0.6 is 0 Å². The highest BCUT2D eigenvalue weighted by Gasteiger charge is 1.95. The predicted octanol–water partition coefficient (Wildman–Crippen LogP) is 7.73. The van der Waals surface area contributed by atoms with E-state index in [-0.39, 0.29) is 0 Å². The van der Waals surface area contributed by atoms with Gasteiger partial charge in [0.25, 0.3) is 0 Å². The molecule has 1 nitrogen and oxygen atoms in total. The lowest BCUT2D eigenvalue weighted by Gasteiger charge is -2.08. The van der Waals surface area contributed by atoms with Crippen LogP contribution in [0.25, 0.3) is 0 Å². The van der Waals surface area contributed by atoms with E-state index in [4.69, 9.17) is 4.74 Å². The molecule has 1 heterocycles. The van der Waals surface area contributed by atoms with Gasteiger partial charge in [-0.05, 0) is 25.2 Å². The van der Waals surface area contributed by atoms with Crippen LogP contribution < -0.4 is 0 Å². The summed E-state index contributed by atoms with van der Waals surface area (Å²) in [6.45, 7) is 24.7. The summed E-state index contributed by atoms with van der Waals surface area (Å²) in [5.74, 6) is 0.898. The van der Waals surface area contributed by atoms with Crippen molar-refractivity contribution < 1.29 is 4.74 Å². The number of ether oxygens (including phenoxy) is 1. The SMILES string of the molecule is C1CCOCC1.CC.CC.CC.CC.CCCC(C)C. The molecule has 1 aliphatic heterocycles. The van der Waals surface area contributed by atoms with Crippen molar-refractivity contribution in [2.75, 3.05) is 13.2 Å². The highest BCUT2D eigenvalue weighted by Crippen LogP contribution is 2.02. The molecule has 1 rings (SSSR count). The minimum absolute atomic E-state index is 0.898. The van der Waals surface area contributed by atoms with Gasteiger partial charge >= 0.3 is 0 Å². The molecule has 0 aromatic heterocycles. The third kappa shape index (κ3) is 64.3. The summed E-state index contributed by atoms with van der Waals surface area (Å²) < 4.78 is 5.07. The highest BCUT2D eigenvalue weighted by molar-refractivity contribution is 4.45. The lowest BCUT2D eigenvalue weighted by molar-refractivity contribution is 0.0968. The summed E-state index contributed by atoms with van der Waals surface area (Å²) in [5, 5.41) is 0. The summed E-state index contributed by atoms with van der Waals surface area (Å²) >= 11 is 0. The van der Waals surface area contributed by atoms with Gasteiger partial charge < -0.3 is 4.74 Å². The van der Waals surface area contributed by atoms with Crippen LogP contribution in [0.3, 0.4) is 0 Å². The third-order valence-electron chi connectivity index (χ3n) is 1.94. The Morgan fingerprint density at radius 3 is 1.10 bits per heavy atom. The van der Waals surface area contributed by atoms with Crippen molar-refractivity contribution in [3.05, 3.63) is 0 Å². The van der Waals surface area contributed by atoms with E-state index in [2.05, 4.69) is 20.8 Å². The molecule has 1 fully saturated rings. The first-order chi connectivity index (χ1) is 9.77. The van der Waals surface area contributed by atoms with Crippen molar-refractivity contribution in [1.29, 1.82) is 0 Å². The Bertz CT molecular complexity index is 64.3. The molecule has 0 N–H and O–H groups in total. The Hall–Kier alpha value is -0.0400. The van der Waals surface area contributed by atoms with Gasteiger partial charge in [-0.3, -0.25) is 0 Å². The van der Waals surface area contributed by atoms with E-state index in [1.807, 2.05) is 55.4 Å². The van der Waals surface area contributed by atoms with Gasteiger partial charge in [-0.2, -0.15) is 0 Å². The first kappa shape index (κ1) is 32.1. The lowest BCUT2D eigenvalue weighted by atomic mass is 10.1. The summed E-state index contributed by atoms with van der Waals surface area (Å²) in [6.07, 6.45) is 6.64. The molecule has 0 amide bonds. The van der Waals surface area contributed by atoms with Crippen LogP contribution in [0.2, 0.25) is 0 Å². The predicted molar refractivity (Wildman–Crippen MR) is 99.8 cm³/mol. The maximum atomic E-state index is 5.07. The third-order valence-corrected chi connectivity index (χ3v) is 1.94. The van der Waals surface area contributed by atoms with Crippen molar-refractivity contribution in [1.82, 2.24) is 0 Å². The molecule has 1 heteroatoms. The maximum absolute atomic E-state index is 5.07. The summed E-state index contributed by atoms with van der Waals surface area (Å²) in [6, 6.07) is 0. The molecular weight excluding hydrogens is 244 g/mol. The molecule has 0 aromatic carbocycles. The normalized spacial score (nSPS) is 11.4. The van der Waals surface area contributed by atoms with Crippen molar-refractivity contribution in [2.24, 2.45) is 5.92 Å². The quantitative estimate of drug-likeness (QED) is 0.506. The first-order valence-corrected chi connectivity index (χ1v) is 9.35. The highest BCUT2D eigenvalue weighted by atomic mass is 16.5. The molecular formula is C19H48O. The van der Waals surface area contributed by atoms with Gasteiger partial charge in [-0.1, -0.05) is 89.0 Å². The molecule has 0 saturated carbocycles. The Morgan fingerprint density at radius 1 is 0.700 bits per heavy atom. The van der Waals surface area contributed by atoms with Gasteiger partial charge in [0.1, 0.15) is 0 Å². The average molecular weight is 293 g/mol. The average Bonchev–Trinajstić information content (AvgIpc) is 2.57. The van der Waals surface area contributed by atoms with Gasteiger partial charge in [-0.25, -0.2) is 0 Å². The molecule has 0 radical (unpaired) electrons. The topological polar surface area (TPSA) is 9.23 Å². The van der Waals surface area contributed by atoms with Gasteiger partial charge in [0, 0.05) is 13.2 Å². The van der Waals surface area contributed by atoms with Crippen LogP contribution in [0.4, 0.5) is 0 Å². The second kappa shape index (κ2) is 50.9. The van der Waals surface area contributed by atoms with E-state index in [0.717, 1.165) is 19.1 Å². The maximum Gasteiger partial charge on any atom is 0.0466 e. The van der Waals surface area contributed by atoms with Gasteiger partial charge in [0.15, 0.2) is 0 Å². The molecule has 0 aromatic rings. The van der Waals surface area contributed by atoms with Crippen molar-refractivity contribution >= 4 is 0 Å². The zero-order valence-electron chi connectivity index (χ0n) is 16.9. The second-order valence-corrected chi connectivity index (χ2v) is 3.86. The molecule has 1 saturated heterocycles. The lowest BCUT2D eigenvalue weighted by Crippen LogP contribution is -2.03. The van der Waals surface area contributed by atoms with E-state index in [1.165, 1.54) is 32.1 Å². The Morgan fingerprint density at radius 2 is 1.05 bits per heavy atom. The van der Waals surface area contributed by atoms with Gasteiger partial charge in [0.05, 0.1) is 0 Å². The fourth-order valence-electron chi connectivity index (χ4n) is 1.26. The summed E-state index contributed by atoms with van der Waals surface area (Å²) in [5.41, 5.74) is 0. The zero-order valence-corrected chi connectivity index (χ0v) is 16.9. The standard InChI is InChI=1S/C6H14.C5H10O.4C2H6/c1-4-5-6(2)3;1-2-4-6-5-3-1;4*1-2/h6H,4-5H2,1-3H3;1-5H2;4*1-2H3. The van der Waals surface area contributed by atoms with Crippen molar-refractivity contribution in [3.63, 3.8) is 0 Å². The monoisotopic (exact) mass is 292 g/mol. The molecule has 0 bridgehead atoms. The summed E-state index contributed by atoms with van der Waals surface area (Å²) in [4.78, 5) is 0. The van der Waals surface area contributed by atoms with E-state index < -0.39 is 0 Å². The molecule has 20 heavy (non-hydrogen) atoms. The van der Waals surface area contributed by atoms with Crippen LogP contribution in [0.1, 0.15) is 108 Å². The fourth-order valence-corrected chi connectivity index (χ4v) is 1.26. The van der Waals surface area contributed by atoms with Crippen molar-refractivity contribution in [2.45, 2.75) is 108 Å². The molecule has 0 atom stereocenters. The van der Waals surface area contributed by atoms with Crippen LogP contribution in [0.5, 0.6) is 0 Å². The fraction of sp³-hybridized carbons (Fsp3) is 1.00. The number of hydrogen-bond acceptors (Lipinski definition) is 1. The van der Waals surface area contributed by atoms with E-state index >= 15 is 0 Å². The van der Waals surface area contributed by atoms with Gasteiger partial charge in [-0.15, -0.1) is 0 Å². The smallest absolute Gasteiger partial charge is 0.0466 e. The minimum Gasteiger partial charge on any atom is -0.381 e. The van der Waals surface area contributed by atoms with Crippen LogP contribution in [-0.4, -0.2) is 13.2 Å². The molecule has 0 aliphatic carbocycles. The van der Waals surface area contributed by atoms with E-state index in [0.29, 0.717) is 0 Å². The summed E-state index contributed by atoms with van der Waals surface area (Å²) in [7, 11) is 0. The minimum atomic E-state index is 0.898. The van der Waals surface area contributed by atoms with Crippen LogP contribution in [0.15, 0.2) is 0 Å². The second-order valence-electron chi connectivity index (χ2n) is 3.86. The van der Waals surface area contributed by atoms with E-state index in [1.54, 1.807) is 0 Å². The number of rotatable bonds is 2. The molecule has 1 aliphatic rings. The van der Waals surface area contributed by atoms with Crippen LogP contribution in [0, 0.1) is 5.92 Å². The number of hydrogen-bond donors (Lipinski definition) is 0. The van der Waals surface area contributed by atoms with Crippen LogP contribution in [-0.2, 0) is 4.74 Å². The zero-order chi connectivity index (χ0) is 17.2.